The topological polar surface area (TPSA) is 47.6 Å². The van der Waals surface area contributed by atoms with Crippen molar-refractivity contribution in [3.63, 3.8) is 0 Å². The van der Waals surface area contributed by atoms with E-state index in [1.807, 2.05) is 0 Å². The Morgan fingerprint density at radius 3 is 2.69 bits per heavy atom. The van der Waals surface area contributed by atoms with Crippen LogP contribution in [0.1, 0.15) is 12.8 Å². The Morgan fingerprint density at radius 2 is 2.15 bits per heavy atom. The second kappa shape index (κ2) is 5.19. The molecule has 76 valence electrons. The molecule has 0 spiro atoms. The molecule has 1 aliphatic rings. The smallest absolute Gasteiger partial charge is 0.308 e. The van der Waals surface area contributed by atoms with E-state index < -0.39 is 0 Å². The van der Waals surface area contributed by atoms with Gasteiger partial charge in [-0.1, -0.05) is 0 Å². The van der Waals surface area contributed by atoms with Crippen molar-refractivity contribution < 1.29 is 14.3 Å². The van der Waals surface area contributed by atoms with Gasteiger partial charge in [0.15, 0.2) is 0 Å². The molecule has 0 saturated heterocycles. The minimum atomic E-state index is -0.0789. The molecule has 0 aliphatic heterocycles. The summed E-state index contributed by atoms with van der Waals surface area (Å²) in [6.07, 6.45) is 1.80. The monoisotopic (exact) mass is 187 g/mol. The van der Waals surface area contributed by atoms with Gasteiger partial charge in [-0.3, -0.25) is 4.79 Å². The third-order valence-corrected chi connectivity index (χ3v) is 2.41. The van der Waals surface area contributed by atoms with Gasteiger partial charge in [0, 0.05) is 19.7 Å². The molecular weight excluding hydrogens is 170 g/mol. The predicted octanol–water partition coefficient (Wildman–Crippen LogP) is 0.174. The van der Waals surface area contributed by atoms with Crippen molar-refractivity contribution >= 4 is 5.97 Å². The highest BCUT2D eigenvalue weighted by molar-refractivity contribution is 5.73. The van der Waals surface area contributed by atoms with Crippen molar-refractivity contribution in [1.82, 2.24) is 5.32 Å². The van der Waals surface area contributed by atoms with E-state index in [9.17, 15) is 4.79 Å². The number of carbonyl (C=O) groups excluding carboxylic acids is 1. The molecule has 0 amide bonds. The van der Waals surface area contributed by atoms with Crippen LogP contribution in [0.15, 0.2) is 0 Å². The molecular formula is C9H17NO3. The standard InChI is InChI=1S/C9H17NO3/c1-12-4-3-10-8-5-7(6-8)9(11)13-2/h7-8,10H,3-6H2,1-2H3. The molecule has 0 radical (unpaired) electrons. The zero-order valence-corrected chi connectivity index (χ0v) is 8.21. The van der Waals surface area contributed by atoms with Gasteiger partial charge in [-0.2, -0.15) is 0 Å². The van der Waals surface area contributed by atoms with Crippen molar-refractivity contribution in [2.45, 2.75) is 18.9 Å². The fourth-order valence-electron chi connectivity index (χ4n) is 1.51. The highest BCUT2D eigenvalue weighted by Gasteiger charge is 2.34. The fraction of sp³-hybridized carbons (Fsp3) is 0.889. The number of methoxy groups -OCH3 is 2. The van der Waals surface area contributed by atoms with Crippen molar-refractivity contribution in [3.8, 4) is 0 Å². The fourth-order valence-corrected chi connectivity index (χ4v) is 1.51. The van der Waals surface area contributed by atoms with Crippen LogP contribution in [0.4, 0.5) is 0 Å². The second-order valence-corrected chi connectivity index (χ2v) is 3.34. The van der Waals surface area contributed by atoms with Crippen LogP contribution in [0.2, 0.25) is 0 Å². The second-order valence-electron chi connectivity index (χ2n) is 3.34. The maximum absolute atomic E-state index is 11.0. The quantitative estimate of drug-likeness (QED) is 0.492. The van der Waals surface area contributed by atoms with E-state index >= 15 is 0 Å². The van der Waals surface area contributed by atoms with E-state index in [1.54, 1.807) is 7.11 Å². The molecule has 0 atom stereocenters. The third kappa shape index (κ3) is 2.97. The molecule has 4 nitrogen and oxygen atoms in total. The third-order valence-electron chi connectivity index (χ3n) is 2.41. The molecule has 0 unspecified atom stereocenters. The average molecular weight is 187 g/mol. The minimum absolute atomic E-state index is 0.0789. The zero-order valence-electron chi connectivity index (χ0n) is 8.21. The Balaban J connectivity index is 2.01. The first-order valence-corrected chi connectivity index (χ1v) is 4.58. The van der Waals surface area contributed by atoms with Crippen molar-refractivity contribution in [1.29, 1.82) is 0 Å². The maximum Gasteiger partial charge on any atom is 0.308 e. The van der Waals surface area contributed by atoms with E-state index in [0.717, 1.165) is 26.0 Å². The minimum Gasteiger partial charge on any atom is -0.469 e. The molecule has 0 aromatic carbocycles. The van der Waals surface area contributed by atoms with Gasteiger partial charge in [0.2, 0.25) is 0 Å². The summed E-state index contributed by atoms with van der Waals surface area (Å²) >= 11 is 0. The van der Waals surface area contributed by atoms with Crippen LogP contribution in [-0.2, 0) is 14.3 Å². The van der Waals surface area contributed by atoms with Crippen LogP contribution < -0.4 is 5.32 Å². The first-order valence-electron chi connectivity index (χ1n) is 4.58. The molecule has 0 heterocycles. The number of hydrogen-bond donors (Lipinski definition) is 1. The van der Waals surface area contributed by atoms with Gasteiger partial charge in [-0.05, 0) is 12.8 Å². The van der Waals surface area contributed by atoms with Crippen LogP contribution in [-0.4, -0.2) is 39.4 Å². The molecule has 0 aromatic heterocycles. The summed E-state index contributed by atoms with van der Waals surface area (Å²) in [5.41, 5.74) is 0. The van der Waals surface area contributed by atoms with Crippen LogP contribution in [0.5, 0.6) is 0 Å². The summed E-state index contributed by atoms with van der Waals surface area (Å²) < 4.78 is 9.54. The summed E-state index contributed by atoms with van der Waals surface area (Å²) in [6, 6.07) is 0.472. The highest BCUT2D eigenvalue weighted by Crippen LogP contribution is 2.27. The molecule has 1 saturated carbocycles. The lowest BCUT2D eigenvalue weighted by Crippen LogP contribution is -2.45. The molecule has 1 rings (SSSR count). The summed E-state index contributed by atoms with van der Waals surface area (Å²) in [5.74, 6) is 0.0369. The molecule has 1 fully saturated rings. The van der Waals surface area contributed by atoms with Gasteiger partial charge in [0.1, 0.15) is 0 Å². The zero-order chi connectivity index (χ0) is 9.68. The largest absolute Gasteiger partial charge is 0.469 e. The SMILES string of the molecule is COCCNC1CC(C(=O)OC)C1. The van der Waals surface area contributed by atoms with Crippen LogP contribution in [0.3, 0.4) is 0 Å². The normalized spacial score (nSPS) is 26.6. The Kier molecular flexibility index (Phi) is 4.18. The summed E-state index contributed by atoms with van der Waals surface area (Å²) in [4.78, 5) is 11.0. The van der Waals surface area contributed by atoms with Gasteiger partial charge < -0.3 is 14.8 Å². The first kappa shape index (κ1) is 10.5. The Bertz CT molecular complexity index is 166. The van der Waals surface area contributed by atoms with E-state index in [0.29, 0.717) is 6.04 Å². The van der Waals surface area contributed by atoms with Gasteiger partial charge in [0.25, 0.3) is 0 Å². The number of hydrogen-bond acceptors (Lipinski definition) is 4. The predicted molar refractivity (Wildman–Crippen MR) is 48.4 cm³/mol. The lowest BCUT2D eigenvalue weighted by atomic mass is 9.80. The van der Waals surface area contributed by atoms with E-state index in [4.69, 9.17) is 4.74 Å². The highest BCUT2D eigenvalue weighted by atomic mass is 16.5. The van der Waals surface area contributed by atoms with Gasteiger partial charge >= 0.3 is 5.97 Å². The van der Waals surface area contributed by atoms with Crippen molar-refractivity contribution in [2.75, 3.05) is 27.4 Å². The lowest BCUT2D eigenvalue weighted by molar-refractivity contribution is -0.149. The number of nitrogens with one attached hydrogen (secondary N) is 1. The summed E-state index contributed by atoms with van der Waals surface area (Å²) in [5, 5.41) is 3.30. The number of rotatable bonds is 5. The molecule has 0 aromatic rings. The number of esters is 1. The van der Waals surface area contributed by atoms with Gasteiger partial charge in [0.05, 0.1) is 19.6 Å². The number of carbonyl (C=O) groups is 1. The van der Waals surface area contributed by atoms with E-state index in [2.05, 4.69) is 10.1 Å². The lowest BCUT2D eigenvalue weighted by Gasteiger charge is -2.33. The summed E-state index contributed by atoms with van der Waals surface area (Å²) in [6.45, 7) is 1.58. The van der Waals surface area contributed by atoms with Crippen LogP contribution in [0.25, 0.3) is 0 Å². The van der Waals surface area contributed by atoms with Crippen molar-refractivity contribution in [3.05, 3.63) is 0 Å². The van der Waals surface area contributed by atoms with Gasteiger partial charge in [-0.15, -0.1) is 0 Å². The molecule has 4 heteroatoms. The Labute approximate surface area is 78.6 Å². The summed E-state index contributed by atoms with van der Waals surface area (Å²) in [7, 11) is 3.12. The Hall–Kier alpha value is -0.610. The van der Waals surface area contributed by atoms with Gasteiger partial charge in [-0.25, -0.2) is 0 Å². The molecule has 1 aliphatic carbocycles. The van der Waals surface area contributed by atoms with E-state index in [-0.39, 0.29) is 11.9 Å². The van der Waals surface area contributed by atoms with Crippen molar-refractivity contribution in [2.24, 2.45) is 5.92 Å². The van der Waals surface area contributed by atoms with E-state index in [1.165, 1.54) is 7.11 Å². The van der Waals surface area contributed by atoms with Crippen LogP contribution in [0, 0.1) is 5.92 Å². The number of ether oxygens (including phenoxy) is 2. The average Bonchev–Trinajstić information content (AvgIpc) is 2.08. The molecule has 13 heavy (non-hydrogen) atoms. The first-order chi connectivity index (χ1) is 6.27. The Morgan fingerprint density at radius 1 is 1.46 bits per heavy atom. The maximum atomic E-state index is 11.0. The van der Waals surface area contributed by atoms with Crippen LogP contribution >= 0.6 is 0 Å². The molecule has 1 N–H and O–H groups in total. The molecule has 0 bridgehead atoms.